The maximum absolute atomic E-state index is 12.1. The largest absolute Gasteiger partial charge is 0.508 e. The molecule has 0 spiro atoms. The van der Waals surface area contributed by atoms with Crippen molar-refractivity contribution in [1.29, 1.82) is 0 Å². The van der Waals surface area contributed by atoms with E-state index in [2.05, 4.69) is 10.3 Å². The molecule has 0 unspecified atom stereocenters. The van der Waals surface area contributed by atoms with Gasteiger partial charge in [-0.3, -0.25) is 4.79 Å². The Hall–Kier alpha value is -3.35. The number of aromatic nitrogens is 2. The van der Waals surface area contributed by atoms with Crippen molar-refractivity contribution in [2.45, 2.75) is 0 Å². The molecule has 0 aliphatic heterocycles. The van der Waals surface area contributed by atoms with Gasteiger partial charge in [0.15, 0.2) is 5.69 Å². The SMILES string of the molecule is O=C(Nc1ccc2nc(C(=O)O)cn2c1)c1ccc(O)cc1. The van der Waals surface area contributed by atoms with E-state index < -0.39 is 5.97 Å². The van der Waals surface area contributed by atoms with Crippen molar-refractivity contribution in [3.05, 3.63) is 60.0 Å². The zero-order valence-electron chi connectivity index (χ0n) is 11.2. The second kappa shape index (κ2) is 5.21. The van der Waals surface area contributed by atoms with Gasteiger partial charge in [0.1, 0.15) is 11.4 Å². The second-order valence-electron chi connectivity index (χ2n) is 4.62. The van der Waals surface area contributed by atoms with Gasteiger partial charge in [-0.15, -0.1) is 0 Å². The average Bonchev–Trinajstić information content (AvgIpc) is 2.91. The number of hydrogen-bond donors (Lipinski definition) is 3. The molecule has 1 amide bonds. The maximum Gasteiger partial charge on any atom is 0.356 e. The highest BCUT2D eigenvalue weighted by Gasteiger charge is 2.10. The van der Waals surface area contributed by atoms with Gasteiger partial charge in [0.05, 0.1) is 5.69 Å². The minimum absolute atomic E-state index is 0.0676. The standard InChI is InChI=1S/C15H11N3O4/c19-11-4-1-9(2-5-11)14(20)16-10-3-6-13-17-12(15(21)22)8-18(13)7-10/h1-8,19H,(H,16,20)(H,21,22). The number of phenols is 1. The highest BCUT2D eigenvalue weighted by atomic mass is 16.4. The monoisotopic (exact) mass is 297 g/mol. The van der Waals surface area contributed by atoms with Gasteiger partial charge in [-0.1, -0.05) is 0 Å². The summed E-state index contributed by atoms with van der Waals surface area (Å²) in [5, 5.41) is 20.8. The van der Waals surface area contributed by atoms with E-state index in [-0.39, 0.29) is 17.4 Å². The number of rotatable bonds is 3. The Morgan fingerprint density at radius 2 is 1.77 bits per heavy atom. The summed E-state index contributed by atoms with van der Waals surface area (Å²) in [6.07, 6.45) is 2.95. The molecule has 22 heavy (non-hydrogen) atoms. The number of aromatic carboxylic acids is 1. The Morgan fingerprint density at radius 3 is 2.45 bits per heavy atom. The smallest absolute Gasteiger partial charge is 0.356 e. The van der Waals surface area contributed by atoms with Crippen molar-refractivity contribution in [1.82, 2.24) is 9.38 Å². The van der Waals surface area contributed by atoms with Crippen LogP contribution in [0.4, 0.5) is 5.69 Å². The van der Waals surface area contributed by atoms with E-state index in [4.69, 9.17) is 5.11 Å². The molecule has 0 aliphatic rings. The number of carbonyl (C=O) groups is 2. The number of phenolic OH excluding ortho intramolecular Hbond substituents is 1. The number of amides is 1. The van der Waals surface area contributed by atoms with Gasteiger partial charge in [-0.25, -0.2) is 9.78 Å². The van der Waals surface area contributed by atoms with Crippen molar-refractivity contribution in [3.8, 4) is 5.75 Å². The van der Waals surface area contributed by atoms with Crippen LogP contribution in [0.1, 0.15) is 20.8 Å². The topological polar surface area (TPSA) is 104 Å². The van der Waals surface area contributed by atoms with Gasteiger partial charge in [-0.2, -0.15) is 0 Å². The number of imidazole rings is 1. The van der Waals surface area contributed by atoms with Crippen LogP contribution in [0.5, 0.6) is 5.75 Å². The first-order valence-corrected chi connectivity index (χ1v) is 6.35. The third kappa shape index (κ3) is 2.59. The van der Waals surface area contributed by atoms with Gasteiger partial charge in [0, 0.05) is 18.0 Å². The molecule has 3 rings (SSSR count). The molecular formula is C15H11N3O4. The summed E-state index contributed by atoms with van der Waals surface area (Å²) in [6.45, 7) is 0. The van der Waals surface area contributed by atoms with Gasteiger partial charge in [-0.05, 0) is 36.4 Å². The summed E-state index contributed by atoms with van der Waals surface area (Å²) in [7, 11) is 0. The summed E-state index contributed by atoms with van der Waals surface area (Å²) in [5.41, 5.74) is 1.30. The molecule has 7 nitrogen and oxygen atoms in total. The molecule has 7 heteroatoms. The molecule has 0 saturated carbocycles. The van der Waals surface area contributed by atoms with Gasteiger partial charge < -0.3 is 19.9 Å². The Labute approximate surface area is 124 Å². The van der Waals surface area contributed by atoms with Crippen molar-refractivity contribution >= 4 is 23.2 Å². The number of nitrogens with one attached hydrogen (secondary N) is 1. The fraction of sp³-hybridized carbons (Fsp3) is 0. The Balaban J connectivity index is 1.85. The molecule has 0 aliphatic carbocycles. The lowest BCUT2D eigenvalue weighted by atomic mass is 10.2. The van der Waals surface area contributed by atoms with E-state index in [9.17, 15) is 14.7 Å². The molecule has 2 heterocycles. The van der Waals surface area contributed by atoms with Crippen LogP contribution >= 0.6 is 0 Å². The maximum atomic E-state index is 12.1. The number of aromatic hydroxyl groups is 1. The fourth-order valence-electron chi connectivity index (χ4n) is 1.98. The number of pyridine rings is 1. The molecule has 0 radical (unpaired) electrons. The van der Waals surface area contributed by atoms with Gasteiger partial charge in [0.25, 0.3) is 5.91 Å². The van der Waals surface area contributed by atoms with Crippen LogP contribution in [-0.2, 0) is 0 Å². The predicted molar refractivity (Wildman–Crippen MR) is 78.2 cm³/mol. The van der Waals surface area contributed by atoms with E-state index in [0.29, 0.717) is 16.9 Å². The minimum atomic E-state index is -1.11. The number of carboxylic acids is 1. The third-order valence-electron chi connectivity index (χ3n) is 3.06. The molecule has 0 saturated heterocycles. The van der Waals surface area contributed by atoms with Gasteiger partial charge >= 0.3 is 5.97 Å². The van der Waals surface area contributed by atoms with Crippen molar-refractivity contribution in [2.75, 3.05) is 5.32 Å². The van der Waals surface area contributed by atoms with E-state index in [0.717, 1.165) is 0 Å². The quantitative estimate of drug-likeness (QED) is 0.686. The number of carbonyl (C=O) groups excluding carboxylic acids is 1. The number of anilines is 1. The molecule has 0 atom stereocenters. The van der Waals surface area contributed by atoms with Crippen molar-refractivity contribution < 1.29 is 19.8 Å². The Kier molecular flexibility index (Phi) is 3.23. The first-order valence-electron chi connectivity index (χ1n) is 6.35. The summed E-state index contributed by atoms with van der Waals surface area (Å²) < 4.78 is 1.52. The number of hydrogen-bond acceptors (Lipinski definition) is 4. The number of benzene rings is 1. The fourth-order valence-corrected chi connectivity index (χ4v) is 1.98. The Bertz CT molecular complexity index is 868. The van der Waals surface area contributed by atoms with Crippen molar-refractivity contribution in [2.24, 2.45) is 0 Å². The summed E-state index contributed by atoms with van der Waals surface area (Å²) >= 11 is 0. The summed E-state index contributed by atoms with van der Waals surface area (Å²) in [6, 6.07) is 9.09. The predicted octanol–water partition coefficient (Wildman–Crippen LogP) is 1.99. The average molecular weight is 297 g/mol. The zero-order valence-corrected chi connectivity index (χ0v) is 11.2. The normalized spacial score (nSPS) is 10.5. The van der Waals surface area contributed by atoms with Gasteiger partial charge in [0.2, 0.25) is 0 Å². The Morgan fingerprint density at radius 1 is 1.05 bits per heavy atom. The zero-order chi connectivity index (χ0) is 15.7. The van der Waals surface area contributed by atoms with Crippen LogP contribution in [0.2, 0.25) is 0 Å². The molecule has 0 bridgehead atoms. The third-order valence-corrected chi connectivity index (χ3v) is 3.06. The van der Waals surface area contributed by atoms with E-state index >= 15 is 0 Å². The van der Waals surface area contributed by atoms with E-state index in [1.54, 1.807) is 18.3 Å². The van der Waals surface area contributed by atoms with Crippen LogP contribution in [-0.4, -0.2) is 31.5 Å². The highest BCUT2D eigenvalue weighted by molar-refractivity contribution is 6.04. The molecule has 110 valence electrons. The molecule has 0 fully saturated rings. The molecular weight excluding hydrogens is 286 g/mol. The second-order valence-corrected chi connectivity index (χ2v) is 4.62. The number of nitrogens with zero attached hydrogens (tertiary/aromatic N) is 2. The van der Waals surface area contributed by atoms with Crippen LogP contribution < -0.4 is 5.32 Å². The number of carboxylic acid groups (broad SMARTS) is 1. The van der Waals surface area contributed by atoms with Crippen LogP contribution in [0, 0.1) is 0 Å². The molecule has 3 aromatic rings. The first-order chi connectivity index (χ1) is 10.5. The lowest BCUT2D eigenvalue weighted by Gasteiger charge is -2.06. The minimum Gasteiger partial charge on any atom is -0.508 e. The molecule has 2 aromatic heterocycles. The lowest BCUT2D eigenvalue weighted by molar-refractivity contribution is 0.0691. The van der Waals surface area contributed by atoms with Crippen LogP contribution in [0.25, 0.3) is 5.65 Å². The summed E-state index contributed by atoms with van der Waals surface area (Å²) in [5.74, 6) is -1.37. The molecule has 3 N–H and O–H groups in total. The highest BCUT2D eigenvalue weighted by Crippen LogP contribution is 2.15. The van der Waals surface area contributed by atoms with Crippen molar-refractivity contribution in [3.63, 3.8) is 0 Å². The number of fused-ring (bicyclic) bond motifs is 1. The van der Waals surface area contributed by atoms with Crippen LogP contribution in [0.3, 0.4) is 0 Å². The molecule has 1 aromatic carbocycles. The summed E-state index contributed by atoms with van der Waals surface area (Å²) in [4.78, 5) is 26.9. The lowest BCUT2D eigenvalue weighted by Crippen LogP contribution is -2.11. The first kappa shape index (κ1) is 13.6. The van der Waals surface area contributed by atoms with E-state index in [1.165, 1.54) is 34.9 Å². The van der Waals surface area contributed by atoms with E-state index in [1.807, 2.05) is 0 Å². The van der Waals surface area contributed by atoms with Crippen LogP contribution in [0.15, 0.2) is 48.8 Å².